The Morgan fingerprint density at radius 2 is 1.83 bits per heavy atom. The first kappa shape index (κ1) is 14.0. The number of rotatable bonds is 2. The summed E-state index contributed by atoms with van der Waals surface area (Å²) in [4.78, 5) is 11.8. The Morgan fingerprint density at radius 3 is 2.65 bits per heavy atom. The van der Waals surface area contributed by atoms with E-state index in [1.807, 2.05) is 0 Å². The van der Waals surface area contributed by atoms with E-state index < -0.39 is 0 Å². The standard InChI is InChI=1S/C15H12FN5OS/c16-9-3-1-8(2-4-9)13-10(5-17-20-13)14-11-6-18-21-15(11)19-12(22)7-23-14/h1-6,14H,7H2,(H,17,20)(H2,18,19,21,22)/t14-/m1/s1. The zero-order chi connectivity index (χ0) is 15.8. The maximum Gasteiger partial charge on any atom is 0.235 e. The zero-order valence-electron chi connectivity index (χ0n) is 11.8. The molecule has 6 nitrogen and oxygen atoms in total. The van der Waals surface area contributed by atoms with E-state index in [9.17, 15) is 9.18 Å². The van der Waals surface area contributed by atoms with Gasteiger partial charge in [-0.05, 0) is 24.3 Å². The van der Waals surface area contributed by atoms with Gasteiger partial charge in [0, 0.05) is 16.7 Å². The SMILES string of the molecule is O=C1CS[C@H](c2cn[nH]c2-c2ccc(F)cc2)c2cn[nH]c2N1. The molecule has 1 aliphatic heterocycles. The van der Waals surface area contributed by atoms with Gasteiger partial charge >= 0.3 is 0 Å². The van der Waals surface area contributed by atoms with Crippen LogP contribution in [0.3, 0.4) is 0 Å². The van der Waals surface area contributed by atoms with Crippen molar-refractivity contribution in [2.75, 3.05) is 11.1 Å². The Balaban J connectivity index is 1.79. The molecule has 0 radical (unpaired) electrons. The second-order valence-corrected chi connectivity index (χ2v) is 6.24. The molecule has 1 amide bonds. The Morgan fingerprint density at radius 1 is 1.09 bits per heavy atom. The van der Waals surface area contributed by atoms with Gasteiger partial charge < -0.3 is 5.32 Å². The Kier molecular flexibility index (Phi) is 3.38. The molecule has 3 N–H and O–H groups in total. The van der Waals surface area contributed by atoms with E-state index in [4.69, 9.17) is 0 Å². The van der Waals surface area contributed by atoms with Crippen molar-refractivity contribution in [2.45, 2.75) is 5.25 Å². The number of anilines is 1. The molecule has 4 rings (SSSR count). The Hall–Kier alpha value is -2.61. The molecule has 0 spiro atoms. The van der Waals surface area contributed by atoms with Crippen LogP contribution >= 0.6 is 11.8 Å². The fourth-order valence-electron chi connectivity index (χ4n) is 2.62. The fourth-order valence-corrected chi connectivity index (χ4v) is 3.72. The highest BCUT2D eigenvalue weighted by Crippen LogP contribution is 2.43. The number of nitrogens with zero attached hydrogens (tertiary/aromatic N) is 2. The van der Waals surface area contributed by atoms with Gasteiger partial charge in [0.1, 0.15) is 11.6 Å². The minimum atomic E-state index is -0.287. The summed E-state index contributed by atoms with van der Waals surface area (Å²) in [5.74, 6) is 0.581. The molecule has 23 heavy (non-hydrogen) atoms. The molecule has 0 aliphatic carbocycles. The van der Waals surface area contributed by atoms with E-state index in [1.165, 1.54) is 23.9 Å². The summed E-state index contributed by atoms with van der Waals surface area (Å²) >= 11 is 1.50. The average molecular weight is 329 g/mol. The van der Waals surface area contributed by atoms with Gasteiger partial charge in [0.25, 0.3) is 0 Å². The maximum absolute atomic E-state index is 13.1. The molecular formula is C15H12FN5OS. The highest BCUT2D eigenvalue weighted by molar-refractivity contribution is 8.00. The van der Waals surface area contributed by atoms with Gasteiger partial charge in [-0.1, -0.05) is 0 Å². The first-order valence-corrected chi connectivity index (χ1v) is 8.01. The summed E-state index contributed by atoms with van der Waals surface area (Å²) < 4.78 is 13.1. The number of carbonyl (C=O) groups is 1. The van der Waals surface area contributed by atoms with Gasteiger partial charge in [-0.3, -0.25) is 15.0 Å². The number of carbonyl (C=O) groups excluding carboxylic acids is 1. The fraction of sp³-hybridized carbons (Fsp3) is 0.133. The molecule has 3 aromatic rings. The van der Waals surface area contributed by atoms with E-state index in [1.54, 1.807) is 24.5 Å². The molecule has 0 fully saturated rings. The van der Waals surface area contributed by atoms with Gasteiger partial charge in [0.05, 0.1) is 29.1 Å². The number of amides is 1. The highest BCUT2D eigenvalue weighted by Gasteiger charge is 2.28. The molecule has 0 saturated carbocycles. The number of nitrogens with one attached hydrogen (secondary N) is 3. The molecule has 1 aromatic carbocycles. The van der Waals surface area contributed by atoms with Gasteiger partial charge in [0.15, 0.2) is 0 Å². The lowest BCUT2D eigenvalue weighted by molar-refractivity contribution is -0.113. The predicted molar refractivity (Wildman–Crippen MR) is 85.5 cm³/mol. The number of thioether (sulfide) groups is 1. The first-order chi connectivity index (χ1) is 11.2. The lowest BCUT2D eigenvalue weighted by atomic mass is 10.0. The van der Waals surface area contributed by atoms with E-state index in [-0.39, 0.29) is 17.0 Å². The van der Waals surface area contributed by atoms with Gasteiger partial charge in [-0.15, -0.1) is 11.8 Å². The lowest BCUT2D eigenvalue weighted by Gasteiger charge is -2.13. The van der Waals surface area contributed by atoms with Crippen LogP contribution in [0.4, 0.5) is 10.2 Å². The second-order valence-electron chi connectivity index (χ2n) is 5.15. The second kappa shape index (κ2) is 5.54. The largest absolute Gasteiger partial charge is 0.310 e. The van der Waals surface area contributed by atoms with Crippen LogP contribution in [0.2, 0.25) is 0 Å². The third kappa shape index (κ3) is 2.50. The number of hydrogen-bond acceptors (Lipinski definition) is 4. The number of fused-ring (bicyclic) bond motifs is 1. The molecule has 3 heterocycles. The number of aromatic nitrogens is 4. The van der Waals surface area contributed by atoms with Gasteiger partial charge in [-0.2, -0.15) is 10.2 Å². The molecule has 0 saturated heterocycles. The summed E-state index contributed by atoms with van der Waals surface area (Å²) in [6, 6.07) is 6.23. The highest BCUT2D eigenvalue weighted by atomic mass is 32.2. The van der Waals surface area contributed by atoms with Crippen molar-refractivity contribution in [3.63, 3.8) is 0 Å². The van der Waals surface area contributed by atoms with E-state index >= 15 is 0 Å². The van der Waals surface area contributed by atoms with Crippen LogP contribution in [0.1, 0.15) is 16.4 Å². The normalized spacial score (nSPS) is 17.4. The Bertz CT molecular complexity index is 857. The van der Waals surface area contributed by atoms with Crippen molar-refractivity contribution < 1.29 is 9.18 Å². The number of aromatic amines is 2. The monoisotopic (exact) mass is 329 g/mol. The van der Waals surface area contributed by atoms with Crippen LogP contribution in [-0.4, -0.2) is 32.1 Å². The lowest BCUT2D eigenvalue weighted by Crippen LogP contribution is -2.12. The predicted octanol–water partition coefficient (Wildman–Crippen LogP) is 2.71. The zero-order valence-corrected chi connectivity index (χ0v) is 12.7. The minimum Gasteiger partial charge on any atom is -0.310 e. The maximum atomic E-state index is 13.1. The third-order valence-electron chi connectivity index (χ3n) is 3.68. The summed E-state index contributed by atoms with van der Waals surface area (Å²) in [5, 5.41) is 16.6. The average Bonchev–Trinajstić information content (AvgIpc) is 3.16. The van der Waals surface area contributed by atoms with Crippen molar-refractivity contribution in [1.82, 2.24) is 20.4 Å². The van der Waals surface area contributed by atoms with Crippen LogP contribution in [0, 0.1) is 5.82 Å². The molecule has 0 bridgehead atoms. The van der Waals surface area contributed by atoms with Crippen molar-refractivity contribution in [3.8, 4) is 11.3 Å². The third-order valence-corrected chi connectivity index (χ3v) is 4.95. The summed E-state index contributed by atoms with van der Waals surface area (Å²) in [7, 11) is 0. The smallest absolute Gasteiger partial charge is 0.235 e. The van der Waals surface area contributed by atoms with E-state index in [0.29, 0.717) is 11.6 Å². The van der Waals surface area contributed by atoms with Crippen LogP contribution in [-0.2, 0) is 4.79 Å². The van der Waals surface area contributed by atoms with Crippen molar-refractivity contribution in [3.05, 3.63) is 53.6 Å². The molecule has 1 atom stereocenters. The van der Waals surface area contributed by atoms with Crippen molar-refractivity contribution in [2.24, 2.45) is 0 Å². The van der Waals surface area contributed by atoms with E-state index in [2.05, 4.69) is 25.7 Å². The first-order valence-electron chi connectivity index (χ1n) is 6.96. The molecule has 2 aromatic heterocycles. The van der Waals surface area contributed by atoms with Crippen molar-refractivity contribution in [1.29, 1.82) is 0 Å². The van der Waals surface area contributed by atoms with Gasteiger partial charge in [-0.25, -0.2) is 4.39 Å². The van der Waals surface area contributed by atoms with Crippen LogP contribution in [0.5, 0.6) is 0 Å². The number of hydrogen-bond donors (Lipinski definition) is 3. The van der Waals surface area contributed by atoms with E-state index in [0.717, 1.165) is 22.4 Å². The summed E-state index contributed by atoms with van der Waals surface area (Å²) in [5.41, 5.74) is 3.48. The van der Waals surface area contributed by atoms with Crippen molar-refractivity contribution >= 4 is 23.5 Å². The molecule has 116 valence electrons. The summed E-state index contributed by atoms with van der Waals surface area (Å²) in [6.45, 7) is 0. The molecule has 0 unspecified atom stereocenters. The number of H-pyrrole nitrogens is 2. The minimum absolute atomic E-state index is 0.0742. The number of benzene rings is 1. The van der Waals surface area contributed by atoms with Crippen LogP contribution < -0.4 is 5.32 Å². The molecular weight excluding hydrogens is 317 g/mol. The summed E-state index contributed by atoms with van der Waals surface area (Å²) in [6.07, 6.45) is 3.45. The topological polar surface area (TPSA) is 86.5 Å². The molecule has 1 aliphatic rings. The van der Waals surface area contributed by atoms with Gasteiger partial charge in [0.2, 0.25) is 5.91 Å². The Labute approximate surface area is 134 Å². The quantitative estimate of drug-likeness (QED) is 0.675. The molecule has 8 heteroatoms. The number of halogens is 1. The van der Waals surface area contributed by atoms with Crippen LogP contribution in [0.15, 0.2) is 36.7 Å². The van der Waals surface area contributed by atoms with Crippen LogP contribution in [0.25, 0.3) is 11.3 Å².